The van der Waals surface area contributed by atoms with Crippen LogP contribution < -0.4 is 0 Å². The van der Waals surface area contributed by atoms with Crippen LogP contribution in [0.5, 0.6) is 0 Å². The molecule has 1 aromatic rings. The zero-order chi connectivity index (χ0) is 10.0. The fraction of sp³-hybridized carbons (Fsp3) is 0.333. The normalized spacial score (nSPS) is 11.8. The Morgan fingerprint density at radius 1 is 1.62 bits per heavy atom. The topological polar surface area (TPSA) is 43.1 Å². The van der Waals surface area contributed by atoms with Crippen LogP contribution in [0.2, 0.25) is 0 Å². The molecule has 4 heteroatoms. The molecule has 0 saturated heterocycles. The Bertz CT molecular complexity index is 366. The van der Waals surface area contributed by atoms with Crippen LogP contribution in [0.4, 0.5) is 0 Å². The van der Waals surface area contributed by atoms with Crippen molar-refractivity contribution in [3.63, 3.8) is 0 Å². The molecule has 0 fully saturated rings. The second-order valence-corrected chi connectivity index (χ2v) is 4.24. The van der Waals surface area contributed by atoms with Gasteiger partial charge in [-0.1, -0.05) is 0 Å². The Kier molecular flexibility index (Phi) is 2.83. The lowest BCUT2D eigenvalue weighted by molar-refractivity contribution is -0.422. The van der Waals surface area contributed by atoms with Crippen molar-refractivity contribution < 1.29 is 4.92 Å². The third-order valence-electron chi connectivity index (χ3n) is 1.71. The smallest absolute Gasteiger partial charge is 0.244 e. The van der Waals surface area contributed by atoms with Crippen LogP contribution >= 0.6 is 11.3 Å². The molecule has 0 atom stereocenters. The van der Waals surface area contributed by atoms with Crippen molar-refractivity contribution >= 4 is 17.4 Å². The summed E-state index contributed by atoms with van der Waals surface area (Å²) in [6.07, 6.45) is 1.62. The van der Waals surface area contributed by atoms with Gasteiger partial charge in [-0.15, -0.1) is 11.3 Å². The maximum absolute atomic E-state index is 10.4. The van der Waals surface area contributed by atoms with Gasteiger partial charge < -0.3 is 0 Å². The van der Waals surface area contributed by atoms with E-state index >= 15 is 0 Å². The molecule has 0 spiro atoms. The van der Waals surface area contributed by atoms with E-state index in [0.29, 0.717) is 0 Å². The van der Waals surface area contributed by atoms with Gasteiger partial charge in [-0.05, 0) is 25.5 Å². The standard InChI is InChI=1S/C9H11NO2S/c1-6-4-8(3)13-9(6)5-7(2)10(11)12/h4-5H,1-3H3/b7-5+. The third kappa shape index (κ3) is 2.39. The zero-order valence-electron chi connectivity index (χ0n) is 7.83. The van der Waals surface area contributed by atoms with E-state index in [0.717, 1.165) is 10.4 Å². The number of hydrogen-bond acceptors (Lipinski definition) is 3. The lowest BCUT2D eigenvalue weighted by Crippen LogP contribution is -1.92. The Morgan fingerprint density at radius 2 is 2.23 bits per heavy atom. The summed E-state index contributed by atoms with van der Waals surface area (Å²) in [4.78, 5) is 12.2. The first-order chi connectivity index (χ1) is 6.00. The highest BCUT2D eigenvalue weighted by atomic mass is 32.1. The molecule has 1 heterocycles. The van der Waals surface area contributed by atoms with E-state index in [1.165, 1.54) is 11.8 Å². The highest BCUT2D eigenvalue weighted by molar-refractivity contribution is 7.13. The average molecular weight is 197 g/mol. The molecule has 70 valence electrons. The van der Waals surface area contributed by atoms with Crippen molar-refractivity contribution in [2.45, 2.75) is 20.8 Å². The minimum absolute atomic E-state index is 0.185. The molecule has 13 heavy (non-hydrogen) atoms. The van der Waals surface area contributed by atoms with Gasteiger partial charge in [-0.25, -0.2) is 0 Å². The summed E-state index contributed by atoms with van der Waals surface area (Å²) in [5.41, 5.74) is 1.29. The summed E-state index contributed by atoms with van der Waals surface area (Å²) in [5.74, 6) is 0. The Hall–Kier alpha value is -1.16. The molecule has 0 aliphatic rings. The second-order valence-electron chi connectivity index (χ2n) is 2.95. The van der Waals surface area contributed by atoms with Gasteiger partial charge in [-0.2, -0.15) is 0 Å². The highest BCUT2D eigenvalue weighted by Gasteiger charge is 2.05. The number of thiophene rings is 1. The van der Waals surface area contributed by atoms with Crippen molar-refractivity contribution in [3.8, 4) is 0 Å². The summed E-state index contributed by atoms with van der Waals surface area (Å²) in [5, 5.41) is 10.4. The largest absolute Gasteiger partial charge is 0.259 e. The number of aryl methyl sites for hydroxylation is 2. The lowest BCUT2D eigenvalue weighted by Gasteiger charge is -1.90. The summed E-state index contributed by atoms with van der Waals surface area (Å²) in [7, 11) is 0. The molecule has 0 aliphatic carbocycles. The average Bonchev–Trinajstić information content (AvgIpc) is 2.30. The van der Waals surface area contributed by atoms with Crippen LogP contribution in [0, 0.1) is 24.0 Å². The van der Waals surface area contributed by atoms with Gasteiger partial charge in [0, 0.05) is 22.8 Å². The summed E-state index contributed by atoms with van der Waals surface area (Å²) in [6.45, 7) is 5.47. The zero-order valence-corrected chi connectivity index (χ0v) is 8.64. The van der Waals surface area contributed by atoms with Crippen molar-refractivity contribution in [1.82, 2.24) is 0 Å². The van der Waals surface area contributed by atoms with E-state index in [9.17, 15) is 10.1 Å². The molecule has 0 radical (unpaired) electrons. The number of hydrogen-bond donors (Lipinski definition) is 0. The number of nitro groups is 1. The van der Waals surface area contributed by atoms with Crippen molar-refractivity contribution in [2.75, 3.05) is 0 Å². The van der Waals surface area contributed by atoms with Crippen molar-refractivity contribution in [1.29, 1.82) is 0 Å². The van der Waals surface area contributed by atoms with Gasteiger partial charge in [0.25, 0.3) is 0 Å². The van der Waals surface area contributed by atoms with Gasteiger partial charge >= 0.3 is 0 Å². The van der Waals surface area contributed by atoms with Gasteiger partial charge in [0.05, 0.1) is 4.92 Å². The van der Waals surface area contributed by atoms with Crippen LogP contribution in [0.25, 0.3) is 6.08 Å². The number of nitrogens with zero attached hydrogens (tertiary/aromatic N) is 1. The van der Waals surface area contributed by atoms with Crippen LogP contribution in [0.1, 0.15) is 22.2 Å². The molecule has 0 amide bonds. The van der Waals surface area contributed by atoms with E-state index in [1.54, 1.807) is 17.4 Å². The fourth-order valence-corrected chi connectivity index (χ4v) is 2.08. The molecule has 0 aromatic carbocycles. The summed E-state index contributed by atoms with van der Waals surface area (Å²) < 4.78 is 0. The molecule has 1 rings (SSSR count). The van der Waals surface area contributed by atoms with Gasteiger partial charge in [0.2, 0.25) is 5.70 Å². The molecule has 3 nitrogen and oxygen atoms in total. The Labute approximate surface area is 80.9 Å². The molecular formula is C9H11NO2S. The third-order valence-corrected chi connectivity index (χ3v) is 2.81. The van der Waals surface area contributed by atoms with E-state index in [1.807, 2.05) is 19.9 Å². The first-order valence-electron chi connectivity index (χ1n) is 3.90. The predicted octanol–water partition coefficient (Wildman–Crippen LogP) is 3.00. The van der Waals surface area contributed by atoms with Crippen LogP contribution in [0.15, 0.2) is 11.8 Å². The van der Waals surface area contributed by atoms with E-state index in [4.69, 9.17) is 0 Å². The first-order valence-corrected chi connectivity index (χ1v) is 4.72. The quantitative estimate of drug-likeness (QED) is 0.540. The van der Waals surface area contributed by atoms with Crippen LogP contribution in [0.3, 0.4) is 0 Å². The SMILES string of the molecule is C/C(=C\c1sc(C)cc1C)[N+](=O)[O-]. The highest BCUT2D eigenvalue weighted by Crippen LogP contribution is 2.23. The van der Waals surface area contributed by atoms with Crippen molar-refractivity contribution in [2.24, 2.45) is 0 Å². The molecule has 0 aliphatic heterocycles. The lowest BCUT2D eigenvalue weighted by atomic mass is 10.2. The maximum atomic E-state index is 10.4. The minimum Gasteiger partial charge on any atom is -0.259 e. The van der Waals surface area contributed by atoms with E-state index in [2.05, 4.69) is 0 Å². The Morgan fingerprint density at radius 3 is 2.62 bits per heavy atom. The molecule has 0 bridgehead atoms. The van der Waals surface area contributed by atoms with Crippen molar-refractivity contribution in [3.05, 3.63) is 37.2 Å². The molecular weight excluding hydrogens is 186 g/mol. The van der Waals surface area contributed by atoms with Gasteiger partial charge in [-0.3, -0.25) is 10.1 Å². The molecule has 0 N–H and O–H groups in total. The second kappa shape index (κ2) is 3.70. The maximum Gasteiger partial charge on any atom is 0.244 e. The first kappa shape index (κ1) is 9.92. The molecule has 1 aromatic heterocycles. The van der Waals surface area contributed by atoms with Gasteiger partial charge in [0.1, 0.15) is 0 Å². The summed E-state index contributed by atoms with van der Waals surface area (Å²) in [6, 6.07) is 2.03. The van der Waals surface area contributed by atoms with Crippen LogP contribution in [-0.4, -0.2) is 4.92 Å². The number of allylic oxidation sites excluding steroid dienone is 1. The minimum atomic E-state index is -0.367. The fourth-order valence-electron chi connectivity index (χ4n) is 1.05. The van der Waals surface area contributed by atoms with Crippen LogP contribution in [-0.2, 0) is 0 Å². The molecule has 0 unspecified atom stereocenters. The number of rotatable bonds is 2. The van der Waals surface area contributed by atoms with Gasteiger partial charge in [0.15, 0.2) is 0 Å². The van der Waals surface area contributed by atoms with E-state index in [-0.39, 0.29) is 10.6 Å². The summed E-state index contributed by atoms with van der Waals surface area (Å²) >= 11 is 1.58. The molecule has 0 saturated carbocycles. The monoisotopic (exact) mass is 197 g/mol. The Balaban J connectivity index is 3.03. The predicted molar refractivity (Wildman–Crippen MR) is 54.4 cm³/mol. The van der Waals surface area contributed by atoms with E-state index < -0.39 is 0 Å².